The van der Waals surface area contributed by atoms with Gasteiger partial charge in [-0.15, -0.1) is 11.3 Å². The van der Waals surface area contributed by atoms with Crippen LogP contribution in [-0.4, -0.2) is 44.3 Å². The molecular weight excluding hydrogens is 256 g/mol. The van der Waals surface area contributed by atoms with Gasteiger partial charge in [-0.25, -0.2) is 0 Å². The number of rotatable bonds is 7. The summed E-state index contributed by atoms with van der Waals surface area (Å²) >= 11 is 1.82. The Bertz CT molecular complexity index is 336. The number of likely N-dealkylation sites (N-methyl/N-ethyl adjacent to an activating group) is 1. The van der Waals surface area contributed by atoms with E-state index in [-0.39, 0.29) is 0 Å². The molecule has 0 radical (unpaired) electrons. The van der Waals surface area contributed by atoms with E-state index in [9.17, 15) is 0 Å². The van der Waals surface area contributed by atoms with E-state index >= 15 is 0 Å². The Morgan fingerprint density at radius 2 is 2.47 bits per heavy atom. The molecule has 1 aromatic rings. The number of hydrogen-bond acceptors (Lipinski definition) is 4. The van der Waals surface area contributed by atoms with Gasteiger partial charge in [0, 0.05) is 37.2 Å². The van der Waals surface area contributed by atoms with Crippen molar-refractivity contribution in [2.45, 2.75) is 32.4 Å². The molecule has 1 N–H and O–H groups in total. The Morgan fingerprint density at radius 3 is 3.16 bits per heavy atom. The monoisotopic (exact) mass is 282 g/mol. The Morgan fingerprint density at radius 1 is 1.58 bits per heavy atom. The molecule has 0 spiro atoms. The number of nitrogens with zero attached hydrogens (tertiary/aromatic N) is 1. The lowest BCUT2D eigenvalue weighted by atomic mass is 10.0. The van der Waals surface area contributed by atoms with Crippen molar-refractivity contribution in [3.8, 4) is 0 Å². The van der Waals surface area contributed by atoms with Gasteiger partial charge in [0.05, 0.1) is 6.61 Å². The Labute approximate surface area is 121 Å². The lowest BCUT2D eigenvalue weighted by molar-refractivity contribution is 0.0373. The summed E-state index contributed by atoms with van der Waals surface area (Å²) in [4.78, 5) is 3.87. The summed E-state index contributed by atoms with van der Waals surface area (Å²) in [6.07, 6.45) is 2.54. The van der Waals surface area contributed by atoms with Gasteiger partial charge in [0.2, 0.25) is 0 Å². The van der Waals surface area contributed by atoms with Crippen molar-refractivity contribution >= 4 is 11.3 Å². The molecule has 2 atom stereocenters. The van der Waals surface area contributed by atoms with Gasteiger partial charge >= 0.3 is 0 Å². The minimum Gasteiger partial charge on any atom is -0.381 e. The van der Waals surface area contributed by atoms with Gasteiger partial charge in [-0.1, -0.05) is 6.07 Å². The van der Waals surface area contributed by atoms with Crippen LogP contribution in [0.1, 0.15) is 24.6 Å². The number of hydrogen-bond donors (Lipinski definition) is 1. The van der Waals surface area contributed by atoms with Crippen LogP contribution in [0.4, 0.5) is 0 Å². The van der Waals surface area contributed by atoms with Crippen molar-refractivity contribution in [3.63, 3.8) is 0 Å². The fourth-order valence-corrected chi connectivity index (χ4v) is 3.19. The van der Waals surface area contributed by atoms with E-state index < -0.39 is 0 Å². The summed E-state index contributed by atoms with van der Waals surface area (Å²) in [6, 6.07) is 4.87. The summed E-state index contributed by atoms with van der Waals surface area (Å²) in [5, 5.41) is 5.68. The van der Waals surface area contributed by atoms with Crippen LogP contribution in [0.2, 0.25) is 0 Å². The van der Waals surface area contributed by atoms with Crippen LogP contribution >= 0.6 is 11.3 Å². The van der Waals surface area contributed by atoms with Gasteiger partial charge in [0.15, 0.2) is 0 Å². The number of nitrogens with one attached hydrogen (secondary N) is 1. The SMILES string of the molecule is CC(CNCc1cccs1)N(C)CC1CCCOC1. The highest BCUT2D eigenvalue weighted by atomic mass is 32.1. The first-order chi connectivity index (χ1) is 9.25. The molecule has 108 valence electrons. The zero-order chi connectivity index (χ0) is 13.5. The molecule has 2 unspecified atom stereocenters. The van der Waals surface area contributed by atoms with E-state index in [1.807, 2.05) is 11.3 Å². The highest BCUT2D eigenvalue weighted by Crippen LogP contribution is 2.15. The Hall–Kier alpha value is -0.420. The summed E-state index contributed by atoms with van der Waals surface area (Å²) in [5.41, 5.74) is 0. The minimum atomic E-state index is 0.571. The first-order valence-corrected chi connectivity index (χ1v) is 8.14. The van der Waals surface area contributed by atoms with Crippen LogP contribution < -0.4 is 5.32 Å². The van der Waals surface area contributed by atoms with Crippen LogP contribution in [0.3, 0.4) is 0 Å². The third-order valence-electron chi connectivity index (χ3n) is 3.87. The van der Waals surface area contributed by atoms with Gasteiger partial charge in [0.1, 0.15) is 0 Å². The third kappa shape index (κ3) is 5.22. The molecular formula is C15H26N2OS. The highest BCUT2D eigenvalue weighted by molar-refractivity contribution is 7.09. The van der Waals surface area contributed by atoms with E-state index in [1.165, 1.54) is 17.7 Å². The molecule has 1 aromatic heterocycles. The molecule has 2 rings (SSSR count). The van der Waals surface area contributed by atoms with Crippen molar-refractivity contribution in [2.75, 3.05) is 33.4 Å². The first-order valence-electron chi connectivity index (χ1n) is 7.27. The predicted octanol–water partition coefficient (Wildman–Crippen LogP) is 2.58. The van der Waals surface area contributed by atoms with Gasteiger partial charge in [0.25, 0.3) is 0 Å². The second kappa shape index (κ2) is 8.00. The van der Waals surface area contributed by atoms with E-state index in [0.29, 0.717) is 6.04 Å². The highest BCUT2D eigenvalue weighted by Gasteiger charge is 2.18. The third-order valence-corrected chi connectivity index (χ3v) is 4.75. The molecule has 19 heavy (non-hydrogen) atoms. The zero-order valence-corrected chi connectivity index (χ0v) is 12.9. The molecule has 0 saturated carbocycles. The topological polar surface area (TPSA) is 24.5 Å². The number of thiophene rings is 1. The van der Waals surface area contributed by atoms with Crippen LogP contribution in [0.15, 0.2) is 17.5 Å². The second-order valence-corrected chi connectivity index (χ2v) is 6.61. The maximum Gasteiger partial charge on any atom is 0.0506 e. The Kier molecular flexibility index (Phi) is 6.31. The fourth-order valence-electron chi connectivity index (χ4n) is 2.51. The summed E-state index contributed by atoms with van der Waals surface area (Å²) in [5.74, 6) is 0.721. The van der Waals surface area contributed by atoms with E-state index in [0.717, 1.165) is 38.8 Å². The molecule has 0 aliphatic carbocycles. The zero-order valence-electron chi connectivity index (χ0n) is 12.1. The Balaban J connectivity index is 1.62. The lowest BCUT2D eigenvalue weighted by Gasteiger charge is -2.31. The van der Waals surface area contributed by atoms with Gasteiger partial charge in [-0.2, -0.15) is 0 Å². The largest absolute Gasteiger partial charge is 0.381 e. The maximum atomic E-state index is 5.55. The standard InChI is InChI=1S/C15H26N2OS/c1-13(9-16-10-15-6-4-8-19-15)17(2)11-14-5-3-7-18-12-14/h4,6,8,13-14,16H,3,5,7,9-12H2,1-2H3. The van der Waals surface area contributed by atoms with Crippen LogP contribution in [0.25, 0.3) is 0 Å². The molecule has 1 aliphatic rings. The molecule has 0 aromatic carbocycles. The maximum absolute atomic E-state index is 5.55. The van der Waals surface area contributed by atoms with Crippen molar-refractivity contribution in [1.82, 2.24) is 10.2 Å². The van der Waals surface area contributed by atoms with Crippen LogP contribution in [0, 0.1) is 5.92 Å². The predicted molar refractivity (Wildman–Crippen MR) is 81.7 cm³/mol. The molecule has 4 heteroatoms. The molecule has 1 aliphatic heterocycles. The van der Waals surface area contributed by atoms with Crippen molar-refractivity contribution < 1.29 is 4.74 Å². The average Bonchev–Trinajstić information content (AvgIpc) is 2.93. The summed E-state index contributed by atoms with van der Waals surface area (Å²) < 4.78 is 5.55. The summed E-state index contributed by atoms with van der Waals surface area (Å²) in [6.45, 7) is 7.38. The minimum absolute atomic E-state index is 0.571. The quantitative estimate of drug-likeness (QED) is 0.832. The second-order valence-electron chi connectivity index (χ2n) is 5.58. The molecule has 0 bridgehead atoms. The van der Waals surface area contributed by atoms with Crippen molar-refractivity contribution in [1.29, 1.82) is 0 Å². The van der Waals surface area contributed by atoms with Crippen LogP contribution in [-0.2, 0) is 11.3 Å². The fraction of sp³-hybridized carbons (Fsp3) is 0.733. The normalized spacial score (nSPS) is 21.7. The smallest absolute Gasteiger partial charge is 0.0506 e. The van der Waals surface area contributed by atoms with Crippen molar-refractivity contribution in [2.24, 2.45) is 5.92 Å². The molecule has 1 fully saturated rings. The van der Waals surface area contributed by atoms with E-state index in [2.05, 4.69) is 41.7 Å². The lowest BCUT2D eigenvalue weighted by Crippen LogP contribution is -2.41. The molecule has 0 amide bonds. The van der Waals surface area contributed by atoms with Crippen LogP contribution in [0.5, 0.6) is 0 Å². The first kappa shape index (κ1) is 15.0. The summed E-state index contributed by atoms with van der Waals surface area (Å²) in [7, 11) is 2.23. The van der Waals surface area contributed by atoms with Gasteiger partial charge in [-0.05, 0) is 44.2 Å². The molecule has 3 nitrogen and oxygen atoms in total. The van der Waals surface area contributed by atoms with E-state index in [1.54, 1.807) is 0 Å². The van der Waals surface area contributed by atoms with Gasteiger partial charge in [-0.3, -0.25) is 0 Å². The number of ether oxygens (including phenoxy) is 1. The molecule has 1 saturated heterocycles. The average molecular weight is 282 g/mol. The van der Waals surface area contributed by atoms with E-state index in [4.69, 9.17) is 4.74 Å². The van der Waals surface area contributed by atoms with Crippen molar-refractivity contribution in [3.05, 3.63) is 22.4 Å². The molecule has 2 heterocycles. The van der Waals surface area contributed by atoms with Gasteiger partial charge < -0.3 is 15.0 Å².